The smallest absolute Gasteiger partial charge is 0.269 e. The highest BCUT2D eigenvalue weighted by atomic mass is 32.2. The van der Waals surface area contributed by atoms with Gasteiger partial charge in [-0.1, -0.05) is 38.1 Å². The van der Waals surface area contributed by atoms with E-state index in [1.54, 1.807) is 24.1 Å². The van der Waals surface area contributed by atoms with Crippen LogP contribution in [0.2, 0.25) is 0 Å². The number of rotatable bonds is 13. The predicted octanol–water partition coefficient (Wildman–Crippen LogP) is 4.56. The lowest BCUT2D eigenvalue weighted by atomic mass is 10.1. The first-order valence-corrected chi connectivity index (χ1v) is 12.5. The summed E-state index contributed by atoms with van der Waals surface area (Å²) in [5, 5.41) is 13.8. The number of hydrogen-bond acceptors (Lipinski definition) is 6. The monoisotopic (exact) mass is 487 g/mol. The van der Waals surface area contributed by atoms with Gasteiger partial charge in [-0.2, -0.15) is 0 Å². The first-order chi connectivity index (χ1) is 16.3. The van der Waals surface area contributed by atoms with Crippen molar-refractivity contribution in [3.05, 3.63) is 69.8 Å². The highest BCUT2D eigenvalue weighted by molar-refractivity contribution is 7.99. The molecule has 2 aromatic carbocycles. The Morgan fingerprint density at radius 2 is 1.82 bits per heavy atom. The number of nitro benzene ring substituents is 1. The fourth-order valence-electron chi connectivity index (χ4n) is 3.38. The molecule has 0 aliphatic heterocycles. The molecule has 9 heteroatoms. The summed E-state index contributed by atoms with van der Waals surface area (Å²) >= 11 is 1.42. The van der Waals surface area contributed by atoms with Crippen molar-refractivity contribution in [2.24, 2.45) is 0 Å². The van der Waals surface area contributed by atoms with Gasteiger partial charge >= 0.3 is 0 Å². The fourth-order valence-corrected chi connectivity index (χ4v) is 4.25. The van der Waals surface area contributed by atoms with E-state index in [1.807, 2.05) is 45.0 Å². The van der Waals surface area contributed by atoms with Crippen molar-refractivity contribution in [3.63, 3.8) is 0 Å². The lowest BCUT2D eigenvalue weighted by Gasteiger charge is -2.31. The Morgan fingerprint density at radius 1 is 1.12 bits per heavy atom. The van der Waals surface area contributed by atoms with E-state index < -0.39 is 11.0 Å². The molecule has 2 atom stereocenters. The number of nitrogens with zero attached hydrogens (tertiary/aromatic N) is 2. The topological polar surface area (TPSA) is 102 Å². The van der Waals surface area contributed by atoms with Crippen molar-refractivity contribution >= 4 is 29.3 Å². The minimum atomic E-state index is -0.590. The third-order valence-electron chi connectivity index (χ3n) is 5.52. The molecular weight excluding hydrogens is 454 g/mol. The van der Waals surface area contributed by atoms with Crippen LogP contribution >= 0.6 is 11.8 Å². The van der Waals surface area contributed by atoms with Crippen molar-refractivity contribution in [1.29, 1.82) is 0 Å². The number of benzene rings is 2. The minimum Gasteiger partial charge on any atom is -0.497 e. The van der Waals surface area contributed by atoms with Crippen LogP contribution in [0.25, 0.3) is 0 Å². The lowest BCUT2D eigenvalue weighted by molar-refractivity contribution is -0.384. The quantitative estimate of drug-likeness (QED) is 0.328. The number of carbonyl (C=O) groups is 2. The summed E-state index contributed by atoms with van der Waals surface area (Å²) in [5.74, 6) is 1.12. The van der Waals surface area contributed by atoms with E-state index in [1.165, 1.54) is 23.9 Å². The van der Waals surface area contributed by atoms with Gasteiger partial charge in [0.05, 0.1) is 17.8 Å². The number of thioether (sulfide) groups is 1. The summed E-state index contributed by atoms with van der Waals surface area (Å²) in [6.07, 6.45) is 1.29. The van der Waals surface area contributed by atoms with Gasteiger partial charge in [0.25, 0.3) is 5.69 Å². The summed E-state index contributed by atoms with van der Waals surface area (Å²) in [6.45, 7) is 6.14. The Labute approximate surface area is 205 Å². The zero-order valence-electron chi connectivity index (χ0n) is 20.2. The van der Waals surface area contributed by atoms with Gasteiger partial charge in [0, 0.05) is 30.5 Å². The Morgan fingerprint density at radius 3 is 2.41 bits per heavy atom. The highest BCUT2D eigenvalue weighted by Gasteiger charge is 2.29. The molecule has 0 aliphatic carbocycles. The summed E-state index contributed by atoms with van der Waals surface area (Å²) < 4.78 is 5.31. The summed E-state index contributed by atoms with van der Waals surface area (Å²) in [7, 11) is 1.59. The van der Waals surface area contributed by atoms with Crippen LogP contribution in [-0.4, -0.2) is 46.6 Å². The molecule has 0 saturated carbocycles. The van der Waals surface area contributed by atoms with Crippen molar-refractivity contribution in [1.82, 2.24) is 10.2 Å². The number of methoxy groups -OCH3 is 1. The predicted molar refractivity (Wildman–Crippen MR) is 135 cm³/mol. The molecule has 1 N–H and O–H groups in total. The molecule has 0 saturated heterocycles. The van der Waals surface area contributed by atoms with Gasteiger partial charge in [-0.3, -0.25) is 19.7 Å². The first kappa shape index (κ1) is 27.2. The third kappa shape index (κ3) is 8.06. The number of nitro groups is 1. The van der Waals surface area contributed by atoms with Gasteiger partial charge in [-0.15, -0.1) is 11.8 Å². The van der Waals surface area contributed by atoms with Crippen LogP contribution in [0.3, 0.4) is 0 Å². The van der Waals surface area contributed by atoms with E-state index in [2.05, 4.69) is 5.32 Å². The second kappa shape index (κ2) is 13.6. The van der Waals surface area contributed by atoms with Crippen molar-refractivity contribution in [2.75, 3.05) is 12.9 Å². The van der Waals surface area contributed by atoms with E-state index in [9.17, 15) is 19.7 Å². The van der Waals surface area contributed by atoms with Crippen molar-refractivity contribution in [3.8, 4) is 5.75 Å². The minimum absolute atomic E-state index is 0.0202. The number of amides is 2. The molecular formula is C25H33N3O5S. The van der Waals surface area contributed by atoms with Gasteiger partial charge in [-0.05, 0) is 43.0 Å². The SMILES string of the molecule is CC[C@@H](C)NC(=O)[C@H](CC)N(Cc1cccc(OC)c1)C(=O)CSCc1ccc([N+](=O)[O-])cc1. The molecule has 0 heterocycles. The molecule has 2 amide bonds. The number of hydrogen-bond donors (Lipinski definition) is 1. The van der Waals surface area contributed by atoms with Crippen molar-refractivity contribution in [2.45, 2.75) is 58.0 Å². The van der Waals surface area contributed by atoms with Crippen LogP contribution in [0, 0.1) is 10.1 Å². The molecule has 8 nitrogen and oxygen atoms in total. The lowest BCUT2D eigenvalue weighted by Crippen LogP contribution is -2.51. The van der Waals surface area contributed by atoms with Crippen molar-refractivity contribution < 1.29 is 19.2 Å². The fraction of sp³-hybridized carbons (Fsp3) is 0.440. The molecule has 0 bridgehead atoms. The molecule has 0 unspecified atom stereocenters. The molecule has 0 radical (unpaired) electrons. The van der Waals surface area contributed by atoms with Crippen LogP contribution < -0.4 is 10.1 Å². The molecule has 184 valence electrons. The second-order valence-corrected chi connectivity index (χ2v) is 9.02. The van der Waals surface area contributed by atoms with E-state index in [0.29, 0.717) is 24.5 Å². The molecule has 0 fully saturated rings. The van der Waals surface area contributed by atoms with Crippen LogP contribution in [0.5, 0.6) is 5.75 Å². The molecule has 0 aromatic heterocycles. The van der Waals surface area contributed by atoms with Gasteiger partial charge < -0.3 is 15.0 Å². The van der Waals surface area contributed by atoms with Crippen LogP contribution in [-0.2, 0) is 21.9 Å². The third-order valence-corrected chi connectivity index (χ3v) is 6.50. The second-order valence-electron chi connectivity index (χ2n) is 8.03. The highest BCUT2D eigenvalue weighted by Crippen LogP contribution is 2.21. The number of carbonyl (C=O) groups excluding carboxylic acids is 2. The average Bonchev–Trinajstić information content (AvgIpc) is 2.84. The van der Waals surface area contributed by atoms with Gasteiger partial charge in [0.1, 0.15) is 11.8 Å². The summed E-state index contributed by atoms with van der Waals surface area (Å²) in [5.41, 5.74) is 1.81. The van der Waals surface area contributed by atoms with E-state index in [0.717, 1.165) is 17.5 Å². The largest absolute Gasteiger partial charge is 0.497 e. The summed E-state index contributed by atoms with van der Waals surface area (Å²) in [6, 6.07) is 13.2. The Kier molecular flexibility index (Phi) is 10.9. The zero-order valence-corrected chi connectivity index (χ0v) is 21.0. The Bertz CT molecular complexity index is 967. The van der Waals surface area contributed by atoms with Crippen LogP contribution in [0.1, 0.15) is 44.7 Å². The molecule has 0 aliphatic rings. The van der Waals surface area contributed by atoms with Gasteiger partial charge in [0.15, 0.2) is 0 Å². The van der Waals surface area contributed by atoms with Gasteiger partial charge in [0.2, 0.25) is 11.8 Å². The van der Waals surface area contributed by atoms with E-state index in [4.69, 9.17) is 4.74 Å². The maximum Gasteiger partial charge on any atom is 0.269 e. The molecule has 34 heavy (non-hydrogen) atoms. The Hall–Kier alpha value is -3.07. The first-order valence-electron chi connectivity index (χ1n) is 11.3. The van der Waals surface area contributed by atoms with E-state index in [-0.39, 0.29) is 29.3 Å². The normalized spacial score (nSPS) is 12.5. The van der Waals surface area contributed by atoms with E-state index >= 15 is 0 Å². The zero-order chi connectivity index (χ0) is 25.1. The standard InChI is InChI=1S/C25H33N3O5S/c1-5-18(3)26-25(30)23(6-2)27(15-20-8-7-9-22(14-20)33-4)24(29)17-34-16-19-10-12-21(13-11-19)28(31)32/h7-14,18,23H,5-6,15-17H2,1-4H3,(H,26,30)/t18-,23+/m1/s1. The Balaban J connectivity index is 2.14. The number of ether oxygens (including phenoxy) is 1. The number of non-ortho nitro benzene ring substituents is 1. The maximum absolute atomic E-state index is 13.3. The summed E-state index contributed by atoms with van der Waals surface area (Å²) in [4.78, 5) is 38.3. The van der Waals surface area contributed by atoms with Crippen LogP contribution in [0.15, 0.2) is 48.5 Å². The van der Waals surface area contributed by atoms with Gasteiger partial charge in [-0.25, -0.2) is 0 Å². The molecule has 2 aromatic rings. The molecule has 0 spiro atoms. The van der Waals surface area contributed by atoms with Crippen LogP contribution in [0.4, 0.5) is 5.69 Å². The number of nitrogens with one attached hydrogen (secondary N) is 1. The average molecular weight is 488 g/mol. The maximum atomic E-state index is 13.3. The molecule has 2 rings (SSSR count).